The number of rotatable bonds is 10. The Balaban J connectivity index is 3.35. The maximum atomic E-state index is 12.9. The van der Waals surface area contributed by atoms with Crippen LogP contribution in [-0.2, 0) is 9.47 Å². The number of hydrogen-bond donors (Lipinski definition) is 0. The fourth-order valence-corrected chi connectivity index (χ4v) is 0.993. The molecule has 0 aliphatic rings. The van der Waals surface area contributed by atoms with Gasteiger partial charge in [-0.05, 0) is 12.8 Å². The number of halogens is 2. The van der Waals surface area contributed by atoms with E-state index >= 15 is 0 Å². The first-order valence-electron chi connectivity index (χ1n) is 5.72. The van der Waals surface area contributed by atoms with Crippen LogP contribution in [0.2, 0.25) is 0 Å². The van der Waals surface area contributed by atoms with Crippen LogP contribution in [-0.4, -0.2) is 25.9 Å². The molecule has 0 spiro atoms. The van der Waals surface area contributed by atoms with Crippen LogP contribution >= 0.6 is 0 Å². The Morgan fingerprint density at radius 2 is 1.27 bits per heavy atom. The molecule has 0 aliphatic heterocycles. The van der Waals surface area contributed by atoms with Crippen LogP contribution in [0.3, 0.4) is 0 Å². The minimum absolute atomic E-state index is 0.326. The number of hydrogen-bond acceptors (Lipinski definition) is 2. The Kier molecular flexibility index (Phi) is 10.2. The normalized spacial score (nSPS) is 15.2. The number of alkyl halides is 2. The van der Waals surface area contributed by atoms with E-state index in [1.54, 1.807) is 0 Å². The third-order valence-electron chi connectivity index (χ3n) is 1.96. The minimum Gasteiger partial charge on any atom is -0.348 e. The van der Waals surface area contributed by atoms with Crippen LogP contribution in [0.15, 0.2) is 0 Å². The highest BCUT2D eigenvalue weighted by Crippen LogP contribution is 2.10. The molecule has 0 heterocycles. The molecular formula is C11H22F2O2. The van der Waals surface area contributed by atoms with Crippen LogP contribution < -0.4 is 0 Å². The van der Waals surface area contributed by atoms with Gasteiger partial charge in [-0.15, -0.1) is 0 Å². The topological polar surface area (TPSA) is 18.5 Å². The molecule has 0 N–H and O–H groups in total. The van der Waals surface area contributed by atoms with E-state index in [1.165, 1.54) is 0 Å². The Hall–Kier alpha value is -0.220. The molecule has 0 radical (unpaired) electrons. The molecule has 0 fully saturated rings. The lowest BCUT2D eigenvalue weighted by Crippen LogP contribution is -2.17. The highest BCUT2D eigenvalue weighted by atomic mass is 19.2. The predicted molar refractivity (Wildman–Crippen MR) is 56.1 cm³/mol. The van der Waals surface area contributed by atoms with Crippen LogP contribution in [0, 0.1) is 0 Å². The van der Waals surface area contributed by atoms with Gasteiger partial charge in [-0.25, -0.2) is 8.78 Å². The fraction of sp³-hybridized carbons (Fsp3) is 1.00. The lowest BCUT2D eigenvalue weighted by molar-refractivity contribution is -0.116. The summed E-state index contributed by atoms with van der Waals surface area (Å²) < 4.78 is 35.4. The maximum Gasteiger partial charge on any atom is 0.203 e. The molecule has 92 valence electrons. The van der Waals surface area contributed by atoms with Crippen LogP contribution in [0.4, 0.5) is 8.78 Å². The SMILES string of the molecule is CCCCOC(F)CC(F)OCCCC. The smallest absolute Gasteiger partial charge is 0.203 e. The Morgan fingerprint density at radius 3 is 1.60 bits per heavy atom. The van der Waals surface area contributed by atoms with Crippen molar-refractivity contribution in [2.24, 2.45) is 0 Å². The van der Waals surface area contributed by atoms with E-state index in [0.717, 1.165) is 25.7 Å². The van der Waals surface area contributed by atoms with Crippen molar-refractivity contribution < 1.29 is 18.3 Å². The average molecular weight is 224 g/mol. The molecule has 2 unspecified atom stereocenters. The quantitative estimate of drug-likeness (QED) is 0.528. The van der Waals surface area contributed by atoms with E-state index in [0.29, 0.717) is 13.2 Å². The highest BCUT2D eigenvalue weighted by molar-refractivity contribution is 4.48. The molecule has 0 aromatic rings. The van der Waals surface area contributed by atoms with Gasteiger partial charge in [0.2, 0.25) is 12.7 Å². The van der Waals surface area contributed by atoms with Gasteiger partial charge in [0.05, 0.1) is 19.6 Å². The summed E-state index contributed by atoms with van der Waals surface area (Å²) in [4.78, 5) is 0. The Bertz CT molecular complexity index is 120. The monoisotopic (exact) mass is 224 g/mol. The fourth-order valence-electron chi connectivity index (χ4n) is 0.993. The van der Waals surface area contributed by atoms with E-state index < -0.39 is 12.7 Å². The molecule has 0 aromatic carbocycles. The minimum atomic E-state index is -1.55. The van der Waals surface area contributed by atoms with Gasteiger partial charge >= 0.3 is 0 Å². The number of unbranched alkanes of at least 4 members (excludes halogenated alkanes) is 2. The molecule has 0 rings (SSSR count). The van der Waals surface area contributed by atoms with Gasteiger partial charge < -0.3 is 9.47 Å². The molecule has 2 nitrogen and oxygen atoms in total. The van der Waals surface area contributed by atoms with E-state index in [4.69, 9.17) is 9.47 Å². The van der Waals surface area contributed by atoms with Crippen molar-refractivity contribution in [3.05, 3.63) is 0 Å². The lowest BCUT2D eigenvalue weighted by atomic mass is 10.3. The first-order valence-corrected chi connectivity index (χ1v) is 5.72. The van der Waals surface area contributed by atoms with Gasteiger partial charge in [-0.3, -0.25) is 0 Å². The summed E-state index contributed by atoms with van der Waals surface area (Å²) in [5.41, 5.74) is 0. The second-order valence-corrected chi connectivity index (χ2v) is 3.50. The largest absolute Gasteiger partial charge is 0.348 e. The van der Waals surface area contributed by atoms with Crippen LogP contribution in [0.25, 0.3) is 0 Å². The van der Waals surface area contributed by atoms with Gasteiger partial charge in [-0.1, -0.05) is 26.7 Å². The average Bonchev–Trinajstić information content (AvgIpc) is 2.18. The van der Waals surface area contributed by atoms with Gasteiger partial charge in [0, 0.05) is 0 Å². The molecular weight excluding hydrogens is 202 g/mol. The first-order chi connectivity index (χ1) is 7.20. The number of ether oxygens (including phenoxy) is 2. The molecule has 2 atom stereocenters. The third-order valence-corrected chi connectivity index (χ3v) is 1.96. The van der Waals surface area contributed by atoms with Crippen molar-refractivity contribution in [1.29, 1.82) is 0 Å². The van der Waals surface area contributed by atoms with Crippen molar-refractivity contribution in [1.82, 2.24) is 0 Å². The summed E-state index contributed by atoms with van der Waals surface area (Å²) in [7, 11) is 0. The maximum absolute atomic E-state index is 12.9. The summed E-state index contributed by atoms with van der Waals surface area (Å²) in [6, 6.07) is 0. The summed E-state index contributed by atoms with van der Waals surface area (Å²) >= 11 is 0. The molecule has 4 heteroatoms. The molecule has 0 aliphatic carbocycles. The van der Waals surface area contributed by atoms with Crippen LogP contribution in [0.5, 0.6) is 0 Å². The summed E-state index contributed by atoms with van der Waals surface area (Å²) in [6.45, 7) is 4.67. The van der Waals surface area contributed by atoms with Crippen molar-refractivity contribution in [2.75, 3.05) is 13.2 Å². The van der Waals surface area contributed by atoms with E-state index in [1.807, 2.05) is 13.8 Å². The summed E-state index contributed by atoms with van der Waals surface area (Å²) in [5, 5.41) is 0. The van der Waals surface area contributed by atoms with Crippen molar-refractivity contribution in [3.63, 3.8) is 0 Å². The highest BCUT2D eigenvalue weighted by Gasteiger charge is 2.15. The molecule has 0 aromatic heterocycles. The van der Waals surface area contributed by atoms with Gasteiger partial charge in [0.15, 0.2) is 0 Å². The predicted octanol–water partition coefficient (Wildman–Crippen LogP) is 3.60. The Morgan fingerprint density at radius 1 is 0.867 bits per heavy atom. The molecule has 0 bridgehead atoms. The zero-order valence-corrected chi connectivity index (χ0v) is 9.68. The second-order valence-electron chi connectivity index (χ2n) is 3.50. The van der Waals surface area contributed by atoms with Crippen LogP contribution in [0.1, 0.15) is 46.0 Å². The second kappa shape index (κ2) is 10.3. The molecule has 0 saturated carbocycles. The van der Waals surface area contributed by atoms with Crippen molar-refractivity contribution >= 4 is 0 Å². The standard InChI is InChI=1S/C11H22F2O2/c1-3-5-7-14-10(12)9-11(13)15-8-6-4-2/h10-11H,3-9H2,1-2H3. The van der Waals surface area contributed by atoms with Gasteiger partial charge in [0.1, 0.15) is 0 Å². The zero-order chi connectivity index (χ0) is 11.5. The van der Waals surface area contributed by atoms with E-state index in [9.17, 15) is 8.78 Å². The van der Waals surface area contributed by atoms with Crippen molar-refractivity contribution in [2.45, 2.75) is 58.7 Å². The third kappa shape index (κ3) is 10.1. The van der Waals surface area contributed by atoms with Gasteiger partial charge in [0.25, 0.3) is 0 Å². The molecule has 0 saturated heterocycles. The van der Waals surface area contributed by atoms with Crippen molar-refractivity contribution in [3.8, 4) is 0 Å². The lowest BCUT2D eigenvalue weighted by Gasteiger charge is -2.13. The zero-order valence-electron chi connectivity index (χ0n) is 9.68. The van der Waals surface area contributed by atoms with Gasteiger partial charge in [-0.2, -0.15) is 0 Å². The Labute approximate surface area is 90.9 Å². The molecule has 15 heavy (non-hydrogen) atoms. The first kappa shape index (κ1) is 14.8. The van der Waals surface area contributed by atoms with E-state index in [-0.39, 0.29) is 6.42 Å². The van der Waals surface area contributed by atoms with E-state index in [2.05, 4.69) is 0 Å². The summed E-state index contributed by atoms with van der Waals surface area (Å²) in [6.07, 6.45) is 0.0639. The molecule has 0 amide bonds. The summed E-state index contributed by atoms with van der Waals surface area (Å²) in [5.74, 6) is 0.